The molecule has 1 heterocycles. The summed E-state index contributed by atoms with van der Waals surface area (Å²) in [5, 5.41) is 15.8. The minimum Gasteiger partial charge on any atom is -0.391 e. The van der Waals surface area contributed by atoms with Crippen LogP contribution in [0.5, 0.6) is 0 Å². The molecule has 1 aromatic rings. The molecule has 1 saturated carbocycles. The second-order valence-corrected chi connectivity index (χ2v) is 5.21. The summed E-state index contributed by atoms with van der Waals surface area (Å²) in [4.78, 5) is 12.0. The minimum atomic E-state index is -0.377. The van der Waals surface area contributed by atoms with Gasteiger partial charge in [-0.05, 0) is 30.4 Å². The van der Waals surface area contributed by atoms with Crippen molar-refractivity contribution < 1.29 is 9.90 Å². The maximum absolute atomic E-state index is 12.0. The summed E-state index contributed by atoms with van der Waals surface area (Å²) >= 11 is 0. The van der Waals surface area contributed by atoms with Crippen LogP contribution in [-0.4, -0.2) is 29.7 Å². The summed E-state index contributed by atoms with van der Waals surface area (Å²) in [7, 11) is 0. The van der Waals surface area contributed by atoms with Gasteiger partial charge in [-0.1, -0.05) is 18.2 Å². The number of fused-ring (bicyclic) bond motifs is 1. The Morgan fingerprint density at radius 1 is 1.44 bits per heavy atom. The van der Waals surface area contributed by atoms with Crippen molar-refractivity contribution in [3.63, 3.8) is 0 Å². The molecule has 0 saturated heterocycles. The van der Waals surface area contributed by atoms with E-state index in [-0.39, 0.29) is 18.1 Å². The lowest BCUT2D eigenvalue weighted by molar-refractivity contribution is -0.122. The molecule has 1 aliphatic heterocycles. The van der Waals surface area contributed by atoms with E-state index in [2.05, 4.69) is 10.6 Å². The highest BCUT2D eigenvalue weighted by Crippen LogP contribution is 2.32. The third kappa shape index (κ3) is 2.34. The molecule has 0 bridgehead atoms. The maximum Gasteiger partial charge on any atom is 0.242 e. The number of carbonyl (C=O) groups is 1. The molecule has 1 aromatic carbocycles. The fraction of sp³-hybridized carbons (Fsp3) is 0.500. The average molecular weight is 246 g/mol. The normalized spacial score (nSPS) is 23.1. The molecule has 1 fully saturated rings. The number of nitrogens with one attached hydrogen (secondary N) is 2. The Hall–Kier alpha value is -1.55. The largest absolute Gasteiger partial charge is 0.391 e. The molecule has 0 radical (unpaired) electrons. The molecular weight excluding hydrogens is 228 g/mol. The van der Waals surface area contributed by atoms with E-state index in [0.717, 1.165) is 24.9 Å². The van der Waals surface area contributed by atoms with Crippen molar-refractivity contribution in [1.29, 1.82) is 0 Å². The van der Waals surface area contributed by atoms with Crippen LogP contribution in [0.25, 0.3) is 0 Å². The lowest BCUT2D eigenvalue weighted by Crippen LogP contribution is -2.42. The minimum absolute atomic E-state index is 0.0223. The SMILES string of the molecule is O=C(NCC(O)C1CC1)C1Cc2ccccc2N1. The Bertz CT molecular complexity index is 432. The van der Waals surface area contributed by atoms with Gasteiger partial charge in [0.05, 0.1) is 6.10 Å². The van der Waals surface area contributed by atoms with Gasteiger partial charge in [0.25, 0.3) is 0 Å². The highest BCUT2D eigenvalue weighted by atomic mass is 16.3. The monoisotopic (exact) mass is 246 g/mol. The Morgan fingerprint density at radius 3 is 2.94 bits per heavy atom. The second-order valence-electron chi connectivity index (χ2n) is 5.21. The number of aliphatic hydroxyl groups is 1. The number of para-hydroxylation sites is 1. The smallest absolute Gasteiger partial charge is 0.242 e. The number of anilines is 1. The number of aliphatic hydroxyl groups excluding tert-OH is 1. The number of hydrogen-bond acceptors (Lipinski definition) is 3. The van der Waals surface area contributed by atoms with Gasteiger partial charge in [-0.25, -0.2) is 0 Å². The first-order chi connectivity index (χ1) is 8.74. The first-order valence-electron chi connectivity index (χ1n) is 6.54. The zero-order valence-electron chi connectivity index (χ0n) is 10.2. The van der Waals surface area contributed by atoms with Crippen LogP contribution in [0.1, 0.15) is 18.4 Å². The van der Waals surface area contributed by atoms with Gasteiger partial charge >= 0.3 is 0 Å². The van der Waals surface area contributed by atoms with Crippen LogP contribution in [0.15, 0.2) is 24.3 Å². The van der Waals surface area contributed by atoms with E-state index in [1.807, 2.05) is 24.3 Å². The summed E-state index contributed by atoms with van der Waals surface area (Å²) in [6.07, 6.45) is 2.52. The molecule has 2 aliphatic rings. The average Bonchev–Trinajstić information content (AvgIpc) is 3.14. The highest BCUT2D eigenvalue weighted by Gasteiger charge is 2.31. The van der Waals surface area contributed by atoms with E-state index in [0.29, 0.717) is 12.5 Å². The third-order valence-corrected chi connectivity index (χ3v) is 3.74. The summed E-state index contributed by atoms with van der Waals surface area (Å²) in [6, 6.07) is 7.77. The van der Waals surface area contributed by atoms with E-state index in [1.54, 1.807) is 0 Å². The fourth-order valence-corrected chi connectivity index (χ4v) is 2.43. The van der Waals surface area contributed by atoms with Gasteiger partial charge < -0.3 is 15.7 Å². The van der Waals surface area contributed by atoms with Crippen LogP contribution in [0.3, 0.4) is 0 Å². The molecule has 18 heavy (non-hydrogen) atoms. The van der Waals surface area contributed by atoms with E-state index < -0.39 is 0 Å². The van der Waals surface area contributed by atoms with Crippen molar-refractivity contribution in [1.82, 2.24) is 5.32 Å². The molecule has 96 valence electrons. The van der Waals surface area contributed by atoms with Gasteiger partial charge in [0, 0.05) is 18.7 Å². The summed E-state index contributed by atoms with van der Waals surface area (Å²) < 4.78 is 0. The van der Waals surface area contributed by atoms with Crippen molar-refractivity contribution in [2.75, 3.05) is 11.9 Å². The number of rotatable bonds is 4. The molecule has 1 aliphatic carbocycles. The predicted octanol–water partition coefficient (Wildman–Crippen LogP) is 0.910. The molecule has 1 amide bonds. The van der Waals surface area contributed by atoms with Crippen LogP contribution in [0.2, 0.25) is 0 Å². The first kappa shape index (κ1) is 11.5. The molecule has 2 atom stereocenters. The molecule has 4 nitrogen and oxygen atoms in total. The lowest BCUT2D eigenvalue weighted by atomic mass is 10.1. The Balaban J connectivity index is 1.52. The van der Waals surface area contributed by atoms with Crippen LogP contribution in [-0.2, 0) is 11.2 Å². The number of amides is 1. The van der Waals surface area contributed by atoms with Crippen LogP contribution < -0.4 is 10.6 Å². The zero-order chi connectivity index (χ0) is 12.5. The van der Waals surface area contributed by atoms with Crippen LogP contribution in [0.4, 0.5) is 5.69 Å². The Morgan fingerprint density at radius 2 is 2.22 bits per heavy atom. The van der Waals surface area contributed by atoms with Gasteiger partial charge in [-0.2, -0.15) is 0 Å². The van der Waals surface area contributed by atoms with E-state index in [9.17, 15) is 9.90 Å². The van der Waals surface area contributed by atoms with Crippen molar-refractivity contribution in [2.24, 2.45) is 5.92 Å². The molecule has 2 unspecified atom stereocenters. The van der Waals surface area contributed by atoms with Gasteiger partial charge in [-0.15, -0.1) is 0 Å². The van der Waals surface area contributed by atoms with Crippen molar-refractivity contribution in [2.45, 2.75) is 31.4 Å². The van der Waals surface area contributed by atoms with Gasteiger partial charge in [-0.3, -0.25) is 4.79 Å². The quantitative estimate of drug-likeness (QED) is 0.740. The van der Waals surface area contributed by atoms with E-state index in [1.165, 1.54) is 5.56 Å². The van der Waals surface area contributed by atoms with Gasteiger partial charge in [0.2, 0.25) is 5.91 Å². The summed E-state index contributed by atoms with van der Waals surface area (Å²) in [5.74, 6) is 0.380. The molecule has 0 spiro atoms. The Kier molecular flexibility index (Phi) is 2.96. The molecule has 0 aromatic heterocycles. The number of benzene rings is 1. The second kappa shape index (κ2) is 4.61. The van der Waals surface area contributed by atoms with E-state index in [4.69, 9.17) is 0 Å². The Labute approximate surface area is 106 Å². The summed E-state index contributed by atoms with van der Waals surface area (Å²) in [6.45, 7) is 0.373. The van der Waals surface area contributed by atoms with Gasteiger partial charge in [0.1, 0.15) is 6.04 Å². The first-order valence-corrected chi connectivity index (χ1v) is 6.54. The molecule has 3 rings (SSSR count). The molecule has 3 N–H and O–H groups in total. The van der Waals surface area contributed by atoms with Crippen molar-refractivity contribution >= 4 is 11.6 Å². The topological polar surface area (TPSA) is 61.4 Å². The maximum atomic E-state index is 12.0. The standard InChI is InChI=1S/C14H18N2O2/c17-13(9-5-6-9)8-15-14(18)12-7-10-3-1-2-4-11(10)16-12/h1-4,9,12-13,16-17H,5-8H2,(H,15,18). The zero-order valence-corrected chi connectivity index (χ0v) is 10.2. The number of hydrogen-bond donors (Lipinski definition) is 3. The van der Waals surface area contributed by atoms with Gasteiger partial charge in [0.15, 0.2) is 0 Å². The summed E-state index contributed by atoms with van der Waals surface area (Å²) in [5.41, 5.74) is 2.22. The van der Waals surface area contributed by atoms with Crippen molar-refractivity contribution in [3.05, 3.63) is 29.8 Å². The molecule has 4 heteroatoms. The van der Waals surface area contributed by atoms with E-state index >= 15 is 0 Å². The third-order valence-electron chi connectivity index (χ3n) is 3.74. The lowest BCUT2D eigenvalue weighted by Gasteiger charge is -2.14. The van der Waals surface area contributed by atoms with Crippen molar-refractivity contribution in [3.8, 4) is 0 Å². The van der Waals surface area contributed by atoms with Crippen LogP contribution in [0, 0.1) is 5.92 Å². The van der Waals surface area contributed by atoms with Crippen LogP contribution >= 0.6 is 0 Å². The fourth-order valence-electron chi connectivity index (χ4n) is 2.43. The number of carbonyl (C=O) groups excluding carboxylic acids is 1. The predicted molar refractivity (Wildman–Crippen MR) is 69.3 cm³/mol. The molecular formula is C14H18N2O2. The highest BCUT2D eigenvalue weighted by molar-refractivity contribution is 5.87.